The number of aromatic nitrogens is 1. The Labute approximate surface area is 167 Å². The minimum atomic E-state index is -3.95. The van der Waals surface area contributed by atoms with Gasteiger partial charge >= 0.3 is 0 Å². The third-order valence-electron chi connectivity index (χ3n) is 4.22. The smallest absolute Gasteiger partial charge is 0.278 e. The van der Waals surface area contributed by atoms with E-state index in [4.69, 9.17) is 4.52 Å². The van der Waals surface area contributed by atoms with Crippen molar-refractivity contribution in [3.63, 3.8) is 0 Å². The lowest BCUT2D eigenvalue weighted by Crippen LogP contribution is -2.37. The Morgan fingerprint density at radius 1 is 1.36 bits per heavy atom. The first kappa shape index (κ1) is 20.3. The van der Waals surface area contributed by atoms with E-state index in [-0.39, 0.29) is 22.0 Å². The molecule has 2 aromatic rings. The van der Waals surface area contributed by atoms with Crippen molar-refractivity contribution in [2.75, 3.05) is 18.1 Å². The Kier molecular flexibility index (Phi) is 5.99. The van der Waals surface area contributed by atoms with E-state index in [0.29, 0.717) is 11.5 Å². The molecule has 1 aliphatic rings. The van der Waals surface area contributed by atoms with Crippen LogP contribution in [0.5, 0.6) is 0 Å². The Hall–Kier alpha value is -2.46. The van der Waals surface area contributed by atoms with Crippen LogP contribution in [0.2, 0.25) is 0 Å². The van der Waals surface area contributed by atoms with Gasteiger partial charge in [0.1, 0.15) is 5.76 Å². The average Bonchev–Trinajstić information content (AvgIpc) is 3.11. The highest BCUT2D eigenvalue weighted by Crippen LogP contribution is 2.34. The molecular weight excluding hydrogens is 402 g/mol. The van der Waals surface area contributed by atoms with Crippen LogP contribution in [0.3, 0.4) is 0 Å². The van der Waals surface area contributed by atoms with Crippen LogP contribution >= 0.6 is 11.8 Å². The lowest BCUT2D eigenvalue weighted by molar-refractivity contribution is -0.113. The summed E-state index contributed by atoms with van der Waals surface area (Å²) in [6.45, 7) is 2.12. The number of aliphatic hydroxyl groups excluding tert-OH is 1. The Morgan fingerprint density at radius 2 is 2.11 bits per heavy atom. The molecule has 0 atom stereocenters. The molecule has 0 bridgehead atoms. The van der Waals surface area contributed by atoms with Crippen LogP contribution in [0.4, 0.5) is 5.82 Å². The highest BCUT2D eigenvalue weighted by molar-refractivity contribution is 7.98. The van der Waals surface area contributed by atoms with Crippen molar-refractivity contribution in [2.24, 2.45) is 0 Å². The highest BCUT2D eigenvalue weighted by atomic mass is 32.2. The summed E-state index contributed by atoms with van der Waals surface area (Å²) in [6, 6.07) is 7.56. The topological polar surface area (TPSA) is 113 Å². The molecular formula is C18H21N3O5S2. The molecule has 0 saturated carbocycles. The summed E-state index contributed by atoms with van der Waals surface area (Å²) in [5.74, 6) is 1.17. The fourth-order valence-corrected chi connectivity index (χ4v) is 5.09. The number of anilines is 1. The second-order valence-corrected chi connectivity index (χ2v) is 9.25. The van der Waals surface area contributed by atoms with E-state index in [0.717, 1.165) is 22.9 Å². The molecule has 150 valence electrons. The molecule has 2 heterocycles. The van der Waals surface area contributed by atoms with Crippen molar-refractivity contribution < 1.29 is 22.8 Å². The molecule has 1 aromatic heterocycles. The lowest BCUT2D eigenvalue weighted by Gasteiger charge is -2.28. The molecule has 0 saturated heterocycles. The van der Waals surface area contributed by atoms with Gasteiger partial charge in [-0.1, -0.05) is 30.6 Å². The fourth-order valence-electron chi connectivity index (χ4n) is 2.72. The van der Waals surface area contributed by atoms with Crippen LogP contribution in [0, 0.1) is 0 Å². The molecule has 1 aromatic carbocycles. The molecule has 3 rings (SSSR count). The van der Waals surface area contributed by atoms with E-state index >= 15 is 0 Å². The van der Waals surface area contributed by atoms with Crippen LogP contribution in [-0.2, 0) is 20.6 Å². The number of likely N-dealkylation sites (N-methyl/N-ethyl adjacent to an activating group) is 1. The van der Waals surface area contributed by atoms with E-state index in [2.05, 4.69) is 17.4 Å². The van der Waals surface area contributed by atoms with Crippen LogP contribution in [-0.4, -0.2) is 41.7 Å². The zero-order chi connectivity index (χ0) is 20.3. The molecule has 0 aliphatic carbocycles. The maximum atomic E-state index is 12.7. The first-order valence-electron chi connectivity index (χ1n) is 8.72. The van der Waals surface area contributed by atoms with Crippen LogP contribution in [0.15, 0.2) is 45.4 Å². The number of hydrogen-bond donors (Lipinski definition) is 2. The summed E-state index contributed by atoms with van der Waals surface area (Å²) >= 11 is 1.70. The number of unbranched alkanes of at least 4 members (excludes halogenated alkanes) is 1. The molecule has 0 spiro atoms. The first-order valence-corrected chi connectivity index (χ1v) is 11.3. The molecule has 28 heavy (non-hydrogen) atoms. The van der Waals surface area contributed by atoms with Gasteiger partial charge in [0.2, 0.25) is 0 Å². The van der Waals surface area contributed by atoms with Crippen molar-refractivity contribution >= 4 is 39.3 Å². The lowest BCUT2D eigenvalue weighted by atomic mass is 10.1. The molecule has 1 aliphatic heterocycles. The number of carbonyl (C=O) groups is 1. The van der Waals surface area contributed by atoms with Gasteiger partial charge in [0.15, 0.2) is 17.3 Å². The number of rotatable bonds is 7. The van der Waals surface area contributed by atoms with Crippen molar-refractivity contribution in [3.05, 3.63) is 47.4 Å². The molecule has 2 N–H and O–H groups in total. The zero-order valence-electron chi connectivity index (χ0n) is 15.5. The second-order valence-electron chi connectivity index (χ2n) is 6.20. The largest absolute Gasteiger partial charge is 0.505 e. The molecule has 10 heteroatoms. The number of thioether (sulfide) groups is 1. The monoisotopic (exact) mass is 423 g/mol. The van der Waals surface area contributed by atoms with Gasteiger partial charge in [-0.2, -0.15) is 11.8 Å². The average molecular weight is 424 g/mol. The predicted octanol–water partition coefficient (Wildman–Crippen LogP) is 3.21. The Balaban J connectivity index is 1.80. The van der Waals surface area contributed by atoms with Gasteiger partial charge in [0.25, 0.3) is 15.9 Å². The highest BCUT2D eigenvalue weighted by Gasteiger charge is 2.37. The minimum Gasteiger partial charge on any atom is -0.505 e. The Morgan fingerprint density at radius 3 is 2.86 bits per heavy atom. The van der Waals surface area contributed by atoms with E-state index < -0.39 is 21.7 Å². The maximum Gasteiger partial charge on any atom is 0.278 e. The molecule has 0 fully saturated rings. The van der Waals surface area contributed by atoms with Crippen molar-refractivity contribution in [2.45, 2.75) is 30.4 Å². The number of carbonyl (C=O) groups excluding carboxylic acids is 1. The van der Waals surface area contributed by atoms with Gasteiger partial charge in [0.05, 0.1) is 10.6 Å². The number of benzene rings is 1. The van der Waals surface area contributed by atoms with Crippen LogP contribution < -0.4 is 5.32 Å². The third kappa shape index (κ3) is 3.88. The van der Waals surface area contributed by atoms with E-state index in [1.54, 1.807) is 30.0 Å². The van der Waals surface area contributed by atoms with E-state index in [9.17, 15) is 18.3 Å². The number of hydrogen-bond acceptors (Lipinski definition) is 7. The summed E-state index contributed by atoms with van der Waals surface area (Å²) < 4.78 is 31.3. The van der Waals surface area contributed by atoms with Crippen LogP contribution in [0.25, 0.3) is 5.76 Å². The number of nitrogens with one attached hydrogen (secondary N) is 1. The summed E-state index contributed by atoms with van der Waals surface area (Å²) in [5.41, 5.74) is -0.292. The number of fused-ring (bicyclic) bond motifs is 1. The standard InChI is InChI=1S/C18H21N3O5S2/c1-3-4-9-27-11-12-10-15(20-26-12)19-18(23)16-17(22)13-7-5-6-8-14(13)28(24,25)21(16)2/h5-8,10,22H,3-4,9,11H2,1-2H3,(H,19,20,23). The predicted molar refractivity (Wildman–Crippen MR) is 107 cm³/mol. The van der Waals surface area contributed by atoms with Crippen molar-refractivity contribution in [1.82, 2.24) is 9.46 Å². The van der Waals surface area contributed by atoms with Gasteiger partial charge in [-0.3, -0.25) is 9.10 Å². The molecule has 8 nitrogen and oxygen atoms in total. The number of sulfonamides is 1. The van der Waals surface area contributed by atoms with Crippen molar-refractivity contribution in [3.8, 4) is 0 Å². The van der Waals surface area contributed by atoms with Crippen LogP contribution in [0.1, 0.15) is 31.1 Å². The third-order valence-corrected chi connectivity index (χ3v) is 7.10. The van der Waals surface area contributed by atoms with Gasteiger partial charge in [-0.15, -0.1) is 0 Å². The summed E-state index contributed by atoms with van der Waals surface area (Å²) in [7, 11) is -2.73. The normalized spacial score (nSPS) is 15.4. The summed E-state index contributed by atoms with van der Waals surface area (Å²) in [5, 5.41) is 16.8. The summed E-state index contributed by atoms with van der Waals surface area (Å²) in [6.07, 6.45) is 2.22. The zero-order valence-corrected chi connectivity index (χ0v) is 17.1. The maximum absolute atomic E-state index is 12.7. The van der Waals surface area contributed by atoms with Gasteiger partial charge in [0, 0.05) is 18.7 Å². The minimum absolute atomic E-state index is 0.0561. The fraction of sp³-hybridized carbons (Fsp3) is 0.333. The molecule has 1 amide bonds. The van der Waals surface area contributed by atoms with Gasteiger partial charge in [-0.05, 0) is 24.3 Å². The first-order chi connectivity index (χ1) is 13.4. The number of aliphatic hydroxyl groups is 1. The summed E-state index contributed by atoms with van der Waals surface area (Å²) in [4.78, 5) is 12.6. The molecule has 0 radical (unpaired) electrons. The number of amides is 1. The Bertz CT molecular complexity index is 1010. The van der Waals surface area contributed by atoms with E-state index in [1.165, 1.54) is 19.2 Å². The van der Waals surface area contributed by atoms with Gasteiger partial charge in [-0.25, -0.2) is 8.42 Å². The van der Waals surface area contributed by atoms with Crippen molar-refractivity contribution in [1.29, 1.82) is 0 Å². The quantitative estimate of drug-likeness (QED) is 0.658. The second kappa shape index (κ2) is 8.27. The number of nitrogens with zero attached hydrogens (tertiary/aromatic N) is 2. The SMILES string of the molecule is CCCCSCc1cc(NC(=O)C2=C(O)c3ccccc3S(=O)(=O)N2C)no1. The van der Waals surface area contributed by atoms with Gasteiger partial charge < -0.3 is 14.9 Å². The molecule has 0 unspecified atom stereocenters. The van der Waals surface area contributed by atoms with E-state index in [1.807, 2.05) is 0 Å².